The van der Waals surface area contributed by atoms with Crippen LogP contribution < -0.4 is 10.0 Å². The zero-order valence-electron chi connectivity index (χ0n) is 17.6. The van der Waals surface area contributed by atoms with Crippen molar-refractivity contribution < 1.29 is 13.2 Å². The van der Waals surface area contributed by atoms with E-state index in [0.717, 1.165) is 16.6 Å². The predicted molar refractivity (Wildman–Crippen MR) is 125 cm³/mol. The summed E-state index contributed by atoms with van der Waals surface area (Å²) in [5, 5.41) is 3.70. The highest BCUT2D eigenvalue weighted by molar-refractivity contribution is 7.99. The van der Waals surface area contributed by atoms with Gasteiger partial charge in [0.1, 0.15) is 0 Å². The fourth-order valence-corrected chi connectivity index (χ4v) is 5.92. The standard InChI is InChI=1S/C23H30N2O3S2/c1-17-8-11-21(12-9-17)30(27,28)25-22-13-10-19(16-18(22)2)23(26)24-14-15-29-20-6-4-3-5-7-20/h8-13,16,20,25H,3-7,14-15H2,1-2H3,(H,24,26). The molecule has 0 bridgehead atoms. The molecule has 0 unspecified atom stereocenters. The van der Waals surface area contributed by atoms with Crippen molar-refractivity contribution in [2.75, 3.05) is 17.0 Å². The summed E-state index contributed by atoms with van der Waals surface area (Å²) < 4.78 is 27.8. The molecule has 1 saturated carbocycles. The number of carbonyl (C=O) groups is 1. The van der Waals surface area contributed by atoms with E-state index in [2.05, 4.69) is 10.0 Å². The van der Waals surface area contributed by atoms with Crippen LogP contribution in [0.2, 0.25) is 0 Å². The first kappa shape index (κ1) is 22.7. The highest BCUT2D eigenvalue weighted by Crippen LogP contribution is 2.27. The van der Waals surface area contributed by atoms with Gasteiger partial charge in [-0.25, -0.2) is 8.42 Å². The molecule has 0 atom stereocenters. The number of benzene rings is 2. The lowest BCUT2D eigenvalue weighted by molar-refractivity contribution is 0.0956. The van der Waals surface area contributed by atoms with Gasteiger partial charge in [-0.3, -0.25) is 9.52 Å². The molecule has 1 amide bonds. The fraction of sp³-hybridized carbons (Fsp3) is 0.435. The van der Waals surface area contributed by atoms with Crippen LogP contribution in [0.3, 0.4) is 0 Å². The topological polar surface area (TPSA) is 75.3 Å². The molecule has 2 aromatic carbocycles. The van der Waals surface area contributed by atoms with E-state index in [-0.39, 0.29) is 10.8 Å². The zero-order chi connectivity index (χ0) is 21.6. The number of hydrogen-bond acceptors (Lipinski definition) is 4. The van der Waals surface area contributed by atoms with Crippen molar-refractivity contribution in [3.63, 3.8) is 0 Å². The van der Waals surface area contributed by atoms with Crippen LogP contribution in [0, 0.1) is 13.8 Å². The molecule has 0 aromatic heterocycles. The molecule has 0 heterocycles. The van der Waals surface area contributed by atoms with Gasteiger partial charge in [0.2, 0.25) is 0 Å². The van der Waals surface area contributed by atoms with Crippen LogP contribution in [0.5, 0.6) is 0 Å². The van der Waals surface area contributed by atoms with Gasteiger partial charge in [-0.2, -0.15) is 11.8 Å². The summed E-state index contributed by atoms with van der Waals surface area (Å²) in [7, 11) is -3.67. The lowest BCUT2D eigenvalue weighted by Gasteiger charge is -2.20. The van der Waals surface area contributed by atoms with Gasteiger partial charge in [-0.05, 0) is 62.6 Å². The van der Waals surface area contributed by atoms with Crippen molar-refractivity contribution in [1.29, 1.82) is 0 Å². The Morgan fingerprint density at radius 1 is 1.03 bits per heavy atom. The van der Waals surface area contributed by atoms with Crippen molar-refractivity contribution in [2.45, 2.75) is 56.1 Å². The maximum Gasteiger partial charge on any atom is 0.261 e. The van der Waals surface area contributed by atoms with Crippen LogP contribution in [0.25, 0.3) is 0 Å². The summed E-state index contributed by atoms with van der Waals surface area (Å²) in [5.41, 5.74) is 2.71. The van der Waals surface area contributed by atoms with Crippen LogP contribution in [-0.2, 0) is 10.0 Å². The summed E-state index contributed by atoms with van der Waals surface area (Å²) in [6.45, 7) is 4.34. The minimum Gasteiger partial charge on any atom is -0.351 e. The van der Waals surface area contributed by atoms with Crippen LogP contribution in [0.15, 0.2) is 47.4 Å². The first-order chi connectivity index (χ1) is 14.3. The largest absolute Gasteiger partial charge is 0.351 e. The minimum absolute atomic E-state index is 0.129. The fourth-order valence-electron chi connectivity index (χ4n) is 3.56. The highest BCUT2D eigenvalue weighted by atomic mass is 32.2. The Hall–Kier alpha value is -1.99. The van der Waals surface area contributed by atoms with Gasteiger partial charge in [0.25, 0.3) is 15.9 Å². The van der Waals surface area contributed by atoms with E-state index in [1.807, 2.05) is 18.7 Å². The average molecular weight is 447 g/mol. The molecule has 0 aliphatic heterocycles. The average Bonchev–Trinajstić information content (AvgIpc) is 2.73. The maximum absolute atomic E-state index is 12.6. The number of rotatable bonds is 8. The summed E-state index contributed by atoms with van der Waals surface area (Å²) in [4.78, 5) is 12.7. The molecule has 2 aromatic rings. The Morgan fingerprint density at radius 2 is 1.73 bits per heavy atom. The second kappa shape index (κ2) is 10.4. The van der Waals surface area contributed by atoms with Gasteiger partial charge in [-0.15, -0.1) is 0 Å². The molecule has 7 heteroatoms. The van der Waals surface area contributed by atoms with Crippen molar-refractivity contribution in [2.24, 2.45) is 0 Å². The molecule has 2 N–H and O–H groups in total. The molecule has 3 rings (SSSR count). The van der Waals surface area contributed by atoms with Crippen LogP contribution >= 0.6 is 11.8 Å². The van der Waals surface area contributed by atoms with Gasteiger partial charge in [0.05, 0.1) is 10.6 Å². The summed E-state index contributed by atoms with van der Waals surface area (Å²) in [6.07, 6.45) is 6.58. The zero-order valence-corrected chi connectivity index (χ0v) is 19.2. The Balaban J connectivity index is 1.55. The summed E-state index contributed by atoms with van der Waals surface area (Å²) >= 11 is 1.95. The van der Waals surface area contributed by atoms with E-state index < -0.39 is 10.0 Å². The third-order valence-electron chi connectivity index (χ3n) is 5.36. The van der Waals surface area contributed by atoms with E-state index >= 15 is 0 Å². The number of sulfonamides is 1. The normalized spacial score (nSPS) is 15.0. The third-order valence-corrected chi connectivity index (χ3v) is 8.12. The Labute approximate surface area is 184 Å². The predicted octanol–water partition coefficient (Wildman–Crippen LogP) is 4.90. The summed E-state index contributed by atoms with van der Waals surface area (Å²) in [6, 6.07) is 11.7. The third kappa shape index (κ3) is 6.25. The Morgan fingerprint density at radius 3 is 2.40 bits per heavy atom. The lowest BCUT2D eigenvalue weighted by Crippen LogP contribution is -2.26. The minimum atomic E-state index is -3.67. The monoisotopic (exact) mass is 446 g/mol. The molecule has 1 aliphatic rings. The van der Waals surface area contributed by atoms with Gasteiger partial charge < -0.3 is 5.32 Å². The van der Waals surface area contributed by atoms with E-state index in [4.69, 9.17) is 0 Å². The molecule has 0 saturated heterocycles. The van der Waals surface area contributed by atoms with E-state index in [1.165, 1.54) is 32.1 Å². The number of carbonyl (C=O) groups excluding carboxylic acids is 1. The van der Waals surface area contributed by atoms with Crippen molar-refractivity contribution >= 4 is 33.4 Å². The number of aryl methyl sites for hydroxylation is 2. The number of amides is 1. The highest BCUT2D eigenvalue weighted by Gasteiger charge is 2.16. The number of hydrogen-bond donors (Lipinski definition) is 2. The van der Waals surface area contributed by atoms with Crippen molar-refractivity contribution in [3.05, 3.63) is 59.2 Å². The molecular formula is C23H30N2O3S2. The number of thioether (sulfide) groups is 1. The lowest BCUT2D eigenvalue weighted by atomic mass is 10.0. The Bertz CT molecular complexity index is 966. The van der Waals surface area contributed by atoms with E-state index in [1.54, 1.807) is 49.4 Å². The number of nitrogens with one attached hydrogen (secondary N) is 2. The smallest absolute Gasteiger partial charge is 0.261 e. The molecule has 0 spiro atoms. The van der Waals surface area contributed by atoms with Gasteiger partial charge in [0.15, 0.2) is 0 Å². The van der Waals surface area contributed by atoms with Gasteiger partial charge in [-0.1, -0.05) is 37.0 Å². The second-order valence-corrected chi connectivity index (χ2v) is 10.9. The van der Waals surface area contributed by atoms with Crippen LogP contribution in [0.1, 0.15) is 53.6 Å². The van der Waals surface area contributed by atoms with E-state index in [9.17, 15) is 13.2 Å². The molecule has 30 heavy (non-hydrogen) atoms. The second-order valence-electron chi connectivity index (χ2n) is 7.83. The molecule has 5 nitrogen and oxygen atoms in total. The Kier molecular flexibility index (Phi) is 7.83. The van der Waals surface area contributed by atoms with Crippen molar-refractivity contribution in [3.8, 4) is 0 Å². The molecular weight excluding hydrogens is 416 g/mol. The molecule has 1 aliphatic carbocycles. The first-order valence-corrected chi connectivity index (χ1v) is 13.0. The van der Waals surface area contributed by atoms with Crippen LogP contribution in [-0.4, -0.2) is 31.9 Å². The van der Waals surface area contributed by atoms with E-state index in [0.29, 0.717) is 23.4 Å². The van der Waals surface area contributed by atoms with Crippen LogP contribution in [0.4, 0.5) is 5.69 Å². The van der Waals surface area contributed by atoms with Gasteiger partial charge in [0, 0.05) is 23.1 Å². The quantitative estimate of drug-likeness (QED) is 0.566. The molecule has 0 radical (unpaired) electrons. The molecule has 162 valence electrons. The maximum atomic E-state index is 12.6. The first-order valence-electron chi connectivity index (χ1n) is 10.4. The molecule has 1 fully saturated rings. The number of anilines is 1. The van der Waals surface area contributed by atoms with Gasteiger partial charge >= 0.3 is 0 Å². The SMILES string of the molecule is Cc1ccc(S(=O)(=O)Nc2ccc(C(=O)NCCSC3CCCCC3)cc2C)cc1. The summed E-state index contributed by atoms with van der Waals surface area (Å²) in [5.74, 6) is 0.791. The van der Waals surface area contributed by atoms with Crippen molar-refractivity contribution in [1.82, 2.24) is 5.32 Å².